The molecular weight excluding hydrogens is 413 g/mol. The van der Waals surface area contributed by atoms with Gasteiger partial charge in [-0.15, -0.1) is 0 Å². The molecular formula is C17H15Cl2N3O4S. The Bertz CT molecular complexity index is 1080. The largest absolute Gasteiger partial charge is 0.459 e. The van der Waals surface area contributed by atoms with Crippen molar-refractivity contribution in [3.63, 3.8) is 0 Å². The highest BCUT2D eigenvalue weighted by Crippen LogP contribution is 2.20. The van der Waals surface area contributed by atoms with Crippen LogP contribution in [0, 0.1) is 0 Å². The highest BCUT2D eigenvalue weighted by atomic mass is 35.5. The molecule has 3 aromatic rings. The second-order valence-electron chi connectivity index (χ2n) is 5.58. The Labute approximate surface area is 165 Å². The normalized spacial score (nSPS) is 11.6. The third kappa shape index (κ3) is 4.98. The Kier molecular flexibility index (Phi) is 6.01. The molecule has 2 aromatic heterocycles. The van der Waals surface area contributed by atoms with E-state index < -0.39 is 16.0 Å². The van der Waals surface area contributed by atoms with Crippen molar-refractivity contribution in [2.45, 2.75) is 17.9 Å². The number of nitrogens with zero attached hydrogens (tertiary/aromatic N) is 2. The number of rotatable bonds is 7. The first-order valence-corrected chi connectivity index (χ1v) is 10.1. The van der Waals surface area contributed by atoms with Gasteiger partial charge in [0.05, 0.1) is 22.2 Å². The summed E-state index contributed by atoms with van der Waals surface area (Å²) in [4.78, 5) is 16.1. The van der Waals surface area contributed by atoms with E-state index >= 15 is 0 Å². The summed E-state index contributed by atoms with van der Waals surface area (Å²) >= 11 is 11.8. The van der Waals surface area contributed by atoms with Crippen LogP contribution in [-0.4, -0.2) is 30.3 Å². The fourth-order valence-corrected chi connectivity index (χ4v) is 4.06. The summed E-state index contributed by atoms with van der Waals surface area (Å²) in [5.74, 6) is -0.549. The molecule has 0 amide bonds. The van der Waals surface area contributed by atoms with Gasteiger partial charge in [-0.2, -0.15) is 0 Å². The molecule has 1 aromatic carbocycles. The number of sulfonamides is 1. The van der Waals surface area contributed by atoms with E-state index in [-0.39, 0.29) is 29.5 Å². The van der Waals surface area contributed by atoms with Crippen molar-refractivity contribution >= 4 is 44.8 Å². The molecule has 27 heavy (non-hydrogen) atoms. The minimum absolute atomic E-state index is 0.0185. The highest BCUT2D eigenvalue weighted by molar-refractivity contribution is 7.89. The molecule has 0 saturated heterocycles. The lowest BCUT2D eigenvalue weighted by atomic mass is 10.4. The number of carbonyl (C=O) groups excluding carboxylic acids is 1. The van der Waals surface area contributed by atoms with Crippen molar-refractivity contribution in [2.75, 3.05) is 6.54 Å². The number of nitrogens with one attached hydrogen (secondary N) is 1. The van der Waals surface area contributed by atoms with Gasteiger partial charge in [-0.3, -0.25) is 4.79 Å². The van der Waals surface area contributed by atoms with Crippen LogP contribution in [0.4, 0.5) is 0 Å². The molecule has 3 rings (SSSR count). The first-order chi connectivity index (χ1) is 12.8. The van der Waals surface area contributed by atoms with Crippen molar-refractivity contribution in [1.82, 2.24) is 14.1 Å². The van der Waals surface area contributed by atoms with Crippen LogP contribution in [0.3, 0.4) is 0 Å². The lowest BCUT2D eigenvalue weighted by Crippen LogP contribution is -2.27. The zero-order valence-electron chi connectivity index (χ0n) is 13.9. The van der Waals surface area contributed by atoms with E-state index in [2.05, 4.69) is 9.71 Å². The van der Waals surface area contributed by atoms with Crippen LogP contribution in [0.2, 0.25) is 10.0 Å². The summed E-state index contributed by atoms with van der Waals surface area (Å²) in [5.41, 5.74) is 1.24. The van der Waals surface area contributed by atoms with Crippen LogP contribution >= 0.6 is 23.2 Å². The molecule has 0 aliphatic rings. The molecule has 0 radical (unpaired) electrons. The molecule has 0 aliphatic heterocycles. The molecule has 0 aliphatic carbocycles. The lowest BCUT2D eigenvalue weighted by molar-refractivity contribution is -0.144. The number of hydrogen-bond acceptors (Lipinski definition) is 5. The minimum Gasteiger partial charge on any atom is -0.459 e. The van der Waals surface area contributed by atoms with Crippen molar-refractivity contribution in [2.24, 2.45) is 0 Å². The quantitative estimate of drug-likeness (QED) is 0.585. The number of benzene rings is 1. The number of carbonyl (C=O) groups is 1. The predicted molar refractivity (Wildman–Crippen MR) is 101 cm³/mol. The molecule has 0 bridgehead atoms. The molecule has 7 nitrogen and oxygen atoms in total. The first kappa shape index (κ1) is 19.6. The lowest BCUT2D eigenvalue weighted by Gasteiger charge is -2.08. The first-order valence-electron chi connectivity index (χ1n) is 7.88. The van der Waals surface area contributed by atoms with Crippen LogP contribution < -0.4 is 4.72 Å². The van der Waals surface area contributed by atoms with Gasteiger partial charge in [0, 0.05) is 18.9 Å². The van der Waals surface area contributed by atoms with E-state index in [0.29, 0.717) is 16.4 Å². The van der Waals surface area contributed by atoms with Crippen LogP contribution in [0.1, 0.15) is 12.1 Å². The average Bonchev–Trinajstić information content (AvgIpc) is 3.02. The summed E-state index contributed by atoms with van der Waals surface area (Å²) in [6.07, 6.45) is 3.27. The summed E-state index contributed by atoms with van der Waals surface area (Å²) in [7, 11) is -3.79. The van der Waals surface area contributed by atoms with Gasteiger partial charge in [0.2, 0.25) is 10.0 Å². The van der Waals surface area contributed by atoms with Crippen LogP contribution in [-0.2, 0) is 26.2 Å². The number of aromatic nitrogens is 2. The molecule has 1 N–H and O–H groups in total. The topological polar surface area (TPSA) is 89.8 Å². The maximum absolute atomic E-state index is 12.2. The average molecular weight is 428 g/mol. The van der Waals surface area contributed by atoms with Crippen LogP contribution in [0.15, 0.2) is 53.7 Å². The van der Waals surface area contributed by atoms with Crippen molar-refractivity contribution in [3.8, 4) is 0 Å². The number of esters is 1. The molecule has 10 heteroatoms. The molecule has 2 heterocycles. The Morgan fingerprint density at radius 3 is 2.70 bits per heavy atom. The Balaban J connectivity index is 1.50. The van der Waals surface area contributed by atoms with E-state index in [4.69, 9.17) is 27.9 Å². The van der Waals surface area contributed by atoms with Crippen LogP contribution in [0.5, 0.6) is 0 Å². The molecule has 0 unspecified atom stereocenters. The smallest absolute Gasteiger partial charge is 0.307 e. The number of hydrogen-bond donors (Lipinski definition) is 1. The Hall–Kier alpha value is -2.13. The minimum atomic E-state index is -3.79. The third-order valence-corrected chi connectivity index (χ3v) is 5.78. The van der Waals surface area contributed by atoms with Crippen LogP contribution in [0.25, 0.3) is 5.65 Å². The monoisotopic (exact) mass is 427 g/mol. The Morgan fingerprint density at radius 1 is 1.15 bits per heavy atom. The fourth-order valence-electron chi connectivity index (χ4n) is 2.34. The SMILES string of the molecule is O=C(CCNS(=O)(=O)c1ccccc1Cl)OCc1cn2cc(Cl)ccc2n1. The summed E-state index contributed by atoms with van der Waals surface area (Å²) < 4.78 is 33.5. The molecule has 0 spiro atoms. The van der Waals surface area contributed by atoms with Crippen molar-refractivity contribution in [3.05, 3.63) is 64.5 Å². The fraction of sp³-hybridized carbons (Fsp3) is 0.176. The van der Waals surface area contributed by atoms with Gasteiger partial charge in [-0.05, 0) is 24.3 Å². The van der Waals surface area contributed by atoms with Gasteiger partial charge >= 0.3 is 5.97 Å². The molecule has 0 fully saturated rings. The summed E-state index contributed by atoms with van der Waals surface area (Å²) in [5, 5.41) is 0.675. The second kappa shape index (κ2) is 8.26. The van der Waals surface area contributed by atoms with Gasteiger partial charge in [-0.25, -0.2) is 18.1 Å². The number of imidazole rings is 1. The standard InChI is InChI=1S/C17H15Cl2N3O4S/c18-12-5-6-16-21-13(10-22(16)9-12)11-26-17(23)7-8-20-27(24,25)15-4-2-1-3-14(15)19/h1-6,9-10,20H,7-8,11H2. The van der Waals surface area contributed by atoms with Gasteiger partial charge in [0.15, 0.2) is 0 Å². The maximum Gasteiger partial charge on any atom is 0.307 e. The molecule has 142 valence electrons. The molecule has 0 saturated carbocycles. The number of fused-ring (bicyclic) bond motifs is 1. The Morgan fingerprint density at radius 2 is 1.93 bits per heavy atom. The zero-order valence-corrected chi connectivity index (χ0v) is 16.3. The predicted octanol–water partition coefficient (Wildman–Crippen LogP) is 3.05. The maximum atomic E-state index is 12.2. The van der Waals surface area contributed by atoms with E-state index in [9.17, 15) is 13.2 Å². The van der Waals surface area contributed by atoms with E-state index in [0.717, 1.165) is 0 Å². The van der Waals surface area contributed by atoms with Gasteiger partial charge in [0.1, 0.15) is 17.1 Å². The third-order valence-electron chi connectivity index (χ3n) is 3.59. The van der Waals surface area contributed by atoms with Gasteiger partial charge in [0.25, 0.3) is 0 Å². The van der Waals surface area contributed by atoms with Gasteiger partial charge in [-0.1, -0.05) is 35.3 Å². The zero-order chi connectivity index (χ0) is 19.4. The number of ether oxygens (including phenoxy) is 1. The number of pyridine rings is 1. The summed E-state index contributed by atoms with van der Waals surface area (Å²) in [6.45, 7) is -0.122. The van der Waals surface area contributed by atoms with E-state index in [1.165, 1.54) is 12.1 Å². The van der Waals surface area contributed by atoms with Crippen molar-refractivity contribution in [1.29, 1.82) is 0 Å². The van der Waals surface area contributed by atoms with Gasteiger partial charge < -0.3 is 9.14 Å². The summed E-state index contributed by atoms with van der Waals surface area (Å²) in [6, 6.07) is 9.52. The van der Waals surface area contributed by atoms with E-state index in [1.807, 2.05) is 0 Å². The highest BCUT2D eigenvalue weighted by Gasteiger charge is 2.17. The second-order valence-corrected chi connectivity index (χ2v) is 8.16. The van der Waals surface area contributed by atoms with E-state index in [1.54, 1.807) is 41.1 Å². The number of halogens is 2. The molecule has 0 atom stereocenters. The van der Waals surface area contributed by atoms with Crippen molar-refractivity contribution < 1.29 is 17.9 Å².